The summed E-state index contributed by atoms with van der Waals surface area (Å²) in [5.41, 5.74) is -2.11. The zero-order valence-electron chi connectivity index (χ0n) is 42.4. The van der Waals surface area contributed by atoms with E-state index in [4.69, 9.17) is 14.2 Å². The molecular formula is C49H77N7O13. The first-order chi connectivity index (χ1) is 32.1. The third kappa shape index (κ3) is 19.2. The fraction of sp³-hybridized carbons (Fsp3) is 0.633. The normalized spacial score (nSPS) is 17.5. The van der Waals surface area contributed by atoms with Gasteiger partial charge in [-0.1, -0.05) is 62.8 Å². The number of likely N-dealkylation sites (tertiary alicyclic amines) is 1. The molecule has 0 bridgehead atoms. The van der Waals surface area contributed by atoms with Crippen molar-refractivity contribution >= 4 is 47.5 Å². The van der Waals surface area contributed by atoms with Gasteiger partial charge in [-0.25, -0.2) is 9.59 Å². The van der Waals surface area contributed by atoms with Gasteiger partial charge in [0.1, 0.15) is 41.9 Å². The Morgan fingerprint density at radius 3 is 1.90 bits per heavy atom. The number of hydrogen-bond acceptors (Lipinski definition) is 13. The Labute approximate surface area is 406 Å². The molecule has 2 rings (SSSR count). The van der Waals surface area contributed by atoms with Crippen molar-refractivity contribution in [2.45, 2.75) is 167 Å². The molecule has 20 nitrogen and oxygen atoms in total. The second-order valence-electron chi connectivity index (χ2n) is 19.2. The van der Waals surface area contributed by atoms with Gasteiger partial charge in [0.2, 0.25) is 35.4 Å². The Morgan fingerprint density at radius 2 is 1.35 bits per heavy atom. The zero-order chi connectivity index (χ0) is 52.4. The molecule has 1 aromatic carbocycles. The summed E-state index contributed by atoms with van der Waals surface area (Å²) in [5.74, 6) is -5.78. The summed E-state index contributed by atoms with van der Waals surface area (Å²) < 4.78 is 22.1. The van der Waals surface area contributed by atoms with E-state index in [0.29, 0.717) is 18.4 Å². The number of ether oxygens (including phenoxy) is 4. The third-order valence-electron chi connectivity index (χ3n) is 11.4. The number of carbonyl (C=O) groups excluding carboxylic acids is 8. The predicted octanol–water partition coefficient (Wildman–Crippen LogP) is 2.12. The number of nitrogens with zero attached hydrogens (tertiary/aromatic N) is 1. The summed E-state index contributed by atoms with van der Waals surface area (Å²) in [6.45, 7) is 24.9. The van der Waals surface area contributed by atoms with Crippen molar-refractivity contribution in [1.29, 1.82) is 0 Å². The maximum atomic E-state index is 14.3. The minimum atomic E-state index is -1.44. The number of methoxy groups -OCH3 is 1. The standard InChI is InChI=1S/C49H77N7O13/c1-15-29(4)37(54-40(59)35(28-67-48(10,11)16-2)53-43(62)38(31(6)68-49(12,13)17-3)55-46(65)69-47(7,8)9)42(61)50-30(5)44(63)56-25-21-24-36(56)41(60)51-33(26-32-22-19-18-20-23-32)39(58)52-34(27-57)45(64)66-14/h16-20,22-23,29-31,33-38,57H,2-3,15,21,24-28H2,1,4-14H3,(H,50,61)(H,51,60)(H,52,58)(H,53,62)(H,54,59)(H,55,65)/t29-,30-,31+,33-,34-,35-,36-,37-,38-/m0/s1. The number of alkyl carbamates (subject to hydrolysis) is 1. The van der Waals surface area contributed by atoms with E-state index in [1.165, 1.54) is 24.0 Å². The van der Waals surface area contributed by atoms with Crippen LogP contribution in [0.15, 0.2) is 55.6 Å². The maximum absolute atomic E-state index is 14.3. The van der Waals surface area contributed by atoms with Crippen molar-refractivity contribution in [3.05, 3.63) is 61.2 Å². The molecule has 7 N–H and O–H groups in total. The quantitative estimate of drug-likeness (QED) is 0.0519. The highest BCUT2D eigenvalue weighted by Gasteiger charge is 2.41. The van der Waals surface area contributed by atoms with Gasteiger partial charge in [-0.15, -0.1) is 13.2 Å². The molecule has 1 aliphatic rings. The highest BCUT2D eigenvalue weighted by Crippen LogP contribution is 2.21. The number of rotatable bonds is 26. The summed E-state index contributed by atoms with van der Waals surface area (Å²) in [7, 11) is 1.10. The number of aliphatic hydroxyl groups is 1. The molecule has 9 atom stereocenters. The molecule has 1 heterocycles. The van der Waals surface area contributed by atoms with E-state index in [2.05, 4.69) is 49.8 Å². The van der Waals surface area contributed by atoms with Crippen LogP contribution < -0.4 is 31.9 Å². The van der Waals surface area contributed by atoms with Crippen molar-refractivity contribution < 1.29 is 62.4 Å². The lowest BCUT2D eigenvalue weighted by Crippen LogP contribution is -2.62. The summed E-state index contributed by atoms with van der Waals surface area (Å²) in [6, 6.07) is -0.115. The van der Waals surface area contributed by atoms with E-state index in [1.807, 2.05) is 0 Å². The van der Waals surface area contributed by atoms with Crippen molar-refractivity contribution in [2.75, 3.05) is 26.9 Å². The number of aliphatic hydroxyl groups excluding tert-OH is 1. The second-order valence-corrected chi connectivity index (χ2v) is 19.2. The van der Waals surface area contributed by atoms with Gasteiger partial charge in [-0.3, -0.25) is 28.8 Å². The molecule has 386 valence electrons. The first kappa shape index (κ1) is 59.3. The number of hydrogen-bond donors (Lipinski definition) is 7. The lowest BCUT2D eigenvalue weighted by Gasteiger charge is -2.33. The van der Waals surface area contributed by atoms with Gasteiger partial charge in [0.15, 0.2) is 6.04 Å². The first-order valence-electron chi connectivity index (χ1n) is 23.3. The predicted molar refractivity (Wildman–Crippen MR) is 257 cm³/mol. The van der Waals surface area contributed by atoms with Crippen LogP contribution in [0.1, 0.15) is 101 Å². The molecule has 1 saturated heterocycles. The van der Waals surface area contributed by atoms with Gasteiger partial charge < -0.3 is 60.9 Å². The largest absolute Gasteiger partial charge is 0.467 e. The minimum absolute atomic E-state index is 0.0153. The zero-order valence-corrected chi connectivity index (χ0v) is 42.4. The molecule has 0 saturated carbocycles. The van der Waals surface area contributed by atoms with Crippen LogP contribution in [0.5, 0.6) is 0 Å². The average Bonchev–Trinajstić information content (AvgIpc) is 3.79. The van der Waals surface area contributed by atoms with Crippen LogP contribution in [0.4, 0.5) is 4.79 Å². The van der Waals surface area contributed by atoms with Crippen LogP contribution in [0, 0.1) is 5.92 Å². The molecule has 0 aromatic heterocycles. The Morgan fingerprint density at radius 1 is 0.768 bits per heavy atom. The fourth-order valence-corrected chi connectivity index (χ4v) is 7.02. The highest BCUT2D eigenvalue weighted by molar-refractivity contribution is 5.97. The van der Waals surface area contributed by atoms with Gasteiger partial charge in [0.25, 0.3) is 0 Å². The van der Waals surface area contributed by atoms with Crippen LogP contribution >= 0.6 is 0 Å². The van der Waals surface area contributed by atoms with Crippen LogP contribution in [-0.4, -0.2) is 150 Å². The maximum Gasteiger partial charge on any atom is 0.408 e. The highest BCUT2D eigenvalue weighted by atomic mass is 16.6. The molecular weight excluding hydrogens is 895 g/mol. The van der Waals surface area contributed by atoms with Crippen molar-refractivity contribution in [2.24, 2.45) is 5.92 Å². The van der Waals surface area contributed by atoms with Crippen molar-refractivity contribution in [3.8, 4) is 0 Å². The Bertz CT molecular complexity index is 1950. The third-order valence-corrected chi connectivity index (χ3v) is 11.4. The van der Waals surface area contributed by atoms with E-state index in [1.54, 1.807) is 99.6 Å². The van der Waals surface area contributed by atoms with E-state index in [-0.39, 0.29) is 19.4 Å². The Kier molecular flexibility index (Phi) is 23.0. The van der Waals surface area contributed by atoms with Crippen LogP contribution in [0.25, 0.3) is 0 Å². The van der Waals surface area contributed by atoms with E-state index >= 15 is 0 Å². The van der Waals surface area contributed by atoms with E-state index < -0.39 is 132 Å². The molecule has 0 radical (unpaired) electrons. The van der Waals surface area contributed by atoms with Crippen LogP contribution in [-0.2, 0) is 58.9 Å². The van der Waals surface area contributed by atoms with Crippen molar-refractivity contribution in [1.82, 2.24) is 36.8 Å². The van der Waals surface area contributed by atoms with E-state index in [9.17, 15) is 43.5 Å². The topological polar surface area (TPSA) is 269 Å². The molecule has 20 heteroatoms. The molecule has 69 heavy (non-hydrogen) atoms. The number of benzene rings is 1. The number of amides is 7. The first-order valence-corrected chi connectivity index (χ1v) is 23.3. The SMILES string of the molecule is C=CC(C)(C)OC[C@H](NC(=O)[C@@H](NC(=O)OC(C)(C)C)[C@@H](C)OC(C)(C)C=C)C(=O)N[C@H](C(=O)N[C@@H](C)C(=O)N1CCC[C@H]1C(=O)N[C@@H](Cc1ccccc1)C(=O)N[C@@H](CO)C(=O)OC)[C@@H](C)CC. The Hall–Kier alpha value is -5.86. The molecule has 7 amide bonds. The number of esters is 1. The molecule has 0 unspecified atom stereocenters. The van der Waals surface area contributed by atoms with Crippen molar-refractivity contribution in [3.63, 3.8) is 0 Å². The average molecular weight is 972 g/mol. The van der Waals surface area contributed by atoms with Crippen LogP contribution in [0.2, 0.25) is 0 Å². The minimum Gasteiger partial charge on any atom is -0.467 e. The molecule has 0 spiro atoms. The fourth-order valence-electron chi connectivity index (χ4n) is 7.02. The number of carbonyl (C=O) groups is 8. The monoisotopic (exact) mass is 972 g/mol. The molecule has 1 aromatic rings. The van der Waals surface area contributed by atoms with Crippen LogP contribution in [0.3, 0.4) is 0 Å². The Balaban J connectivity index is 2.37. The molecule has 1 aliphatic heterocycles. The lowest BCUT2D eigenvalue weighted by molar-refractivity contribution is -0.146. The number of nitrogens with one attached hydrogen (secondary N) is 6. The lowest BCUT2D eigenvalue weighted by atomic mass is 9.97. The summed E-state index contributed by atoms with van der Waals surface area (Å²) in [4.78, 5) is 110. The van der Waals surface area contributed by atoms with Gasteiger partial charge in [-0.2, -0.15) is 0 Å². The van der Waals surface area contributed by atoms with Gasteiger partial charge in [0.05, 0.1) is 37.6 Å². The van der Waals surface area contributed by atoms with Gasteiger partial charge in [0, 0.05) is 13.0 Å². The smallest absolute Gasteiger partial charge is 0.408 e. The summed E-state index contributed by atoms with van der Waals surface area (Å²) in [5, 5.41) is 25.5. The second kappa shape index (κ2) is 26.8. The van der Waals surface area contributed by atoms with E-state index in [0.717, 1.165) is 7.11 Å². The summed E-state index contributed by atoms with van der Waals surface area (Å²) >= 11 is 0. The molecule has 0 aliphatic carbocycles. The van der Waals surface area contributed by atoms with Gasteiger partial charge in [-0.05, 0) is 86.6 Å². The molecule has 1 fully saturated rings. The summed E-state index contributed by atoms with van der Waals surface area (Å²) in [6.07, 6.45) is 2.23. The van der Waals surface area contributed by atoms with Gasteiger partial charge >= 0.3 is 12.1 Å².